The molecule has 0 spiro atoms. The van der Waals surface area contributed by atoms with Crippen molar-refractivity contribution in [3.05, 3.63) is 41.6 Å². The molecule has 0 fully saturated rings. The molecule has 1 N–H and O–H groups in total. The van der Waals surface area contributed by atoms with Gasteiger partial charge < -0.3 is 4.90 Å². The van der Waals surface area contributed by atoms with Gasteiger partial charge in [-0.1, -0.05) is 6.07 Å². The summed E-state index contributed by atoms with van der Waals surface area (Å²) in [7, 11) is 3.45. The van der Waals surface area contributed by atoms with Gasteiger partial charge in [0.25, 0.3) is 0 Å². The first kappa shape index (κ1) is 12.6. The summed E-state index contributed by atoms with van der Waals surface area (Å²) in [5.74, 6) is 0. The maximum atomic E-state index is 12.1. The summed E-state index contributed by atoms with van der Waals surface area (Å²) in [6.07, 6.45) is 3.39. The van der Waals surface area contributed by atoms with Crippen molar-refractivity contribution >= 4 is 29.2 Å². The molecule has 102 valence electrons. The molecule has 0 aliphatic rings. The molecule has 2 aromatic heterocycles. The van der Waals surface area contributed by atoms with E-state index in [-0.39, 0.29) is 6.03 Å². The lowest BCUT2D eigenvalue weighted by Gasteiger charge is -2.12. The third kappa shape index (κ3) is 1.83. The number of aromatic nitrogens is 4. The number of carbonyl (C=O) groups is 1. The molecule has 3 aromatic rings. The number of hydrogen-bond acceptors (Lipinski definition) is 3. The molecule has 6 nitrogen and oxygen atoms in total. The van der Waals surface area contributed by atoms with Crippen molar-refractivity contribution < 1.29 is 4.79 Å². The molecule has 2 heterocycles. The summed E-state index contributed by atoms with van der Waals surface area (Å²) < 4.78 is 3.91. The molecule has 7 heteroatoms. The van der Waals surface area contributed by atoms with E-state index >= 15 is 0 Å². The number of nitrogens with one attached hydrogen (secondary N) is 1. The van der Waals surface area contributed by atoms with Crippen LogP contribution < -0.4 is 0 Å². The van der Waals surface area contributed by atoms with Gasteiger partial charge in [0.1, 0.15) is 6.33 Å². The average Bonchev–Trinajstić information content (AvgIpc) is 3.03. The van der Waals surface area contributed by atoms with Crippen molar-refractivity contribution in [2.24, 2.45) is 0 Å². The molecule has 0 aliphatic heterocycles. The predicted octanol–water partition coefficient (Wildman–Crippen LogP) is 2.41. The first-order valence-electron chi connectivity index (χ1n) is 6.03. The summed E-state index contributed by atoms with van der Waals surface area (Å²) in [6, 6.07) is 7.56. The SMILES string of the molecule is CN(C)C(=O)n1ccc2c(-n3cn[nH]c3=S)cccc21. The van der Waals surface area contributed by atoms with E-state index in [1.54, 1.807) is 35.8 Å². The number of carbonyl (C=O) groups excluding carboxylic acids is 1. The maximum Gasteiger partial charge on any atom is 0.328 e. The quantitative estimate of drug-likeness (QED) is 0.699. The Balaban J connectivity index is 2.26. The second-order valence-corrected chi connectivity index (χ2v) is 4.99. The Morgan fingerprint density at radius 3 is 2.80 bits per heavy atom. The molecule has 3 rings (SSSR count). The Morgan fingerprint density at radius 2 is 2.15 bits per heavy atom. The maximum absolute atomic E-state index is 12.1. The zero-order valence-corrected chi connectivity index (χ0v) is 11.9. The van der Waals surface area contributed by atoms with Crippen LogP contribution in [-0.4, -0.2) is 44.4 Å². The van der Waals surface area contributed by atoms with Crippen molar-refractivity contribution in [3.8, 4) is 5.69 Å². The lowest BCUT2D eigenvalue weighted by Crippen LogP contribution is -2.26. The number of amides is 1. The largest absolute Gasteiger partial charge is 0.330 e. The van der Waals surface area contributed by atoms with Crippen LogP contribution in [0.3, 0.4) is 0 Å². The van der Waals surface area contributed by atoms with Gasteiger partial charge in [-0.2, -0.15) is 5.10 Å². The van der Waals surface area contributed by atoms with E-state index in [1.807, 2.05) is 24.3 Å². The fourth-order valence-corrected chi connectivity index (χ4v) is 2.36. The molecule has 0 radical (unpaired) electrons. The molecule has 0 unspecified atom stereocenters. The standard InChI is InChI=1S/C13H13N5OS/c1-16(2)13(19)17-7-6-9-10(17)4-3-5-11(9)18-8-14-15-12(18)20/h3-8H,1-2H3,(H,15,20). The number of nitrogens with zero attached hydrogens (tertiary/aromatic N) is 4. The first-order valence-corrected chi connectivity index (χ1v) is 6.44. The molecular weight excluding hydrogens is 274 g/mol. The van der Waals surface area contributed by atoms with Gasteiger partial charge in [0.05, 0.1) is 11.2 Å². The molecule has 0 bridgehead atoms. The summed E-state index contributed by atoms with van der Waals surface area (Å²) >= 11 is 5.19. The van der Waals surface area contributed by atoms with Crippen molar-refractivity contribution in [1.82, 2.24) is 24.2 Å². The van der Waals surface area contributed by atoms with E-state index in [1.165, 1.54) is 4.90 Å². The van der Waals surface area contributed by atoms with E-state index in [9.17, 15) is 4.79 Å². The monoisotopic (exact) mass is 287 g/mol. The number of H-pyrrole nitrogens is 1. The van der Waals surface area contributed by atoms with Crippen molar-refractivity contribution in [2.75, 3.05) is 14.1 Å². The zero-order chi connectivity index (χ0) is 14.3. The normalized spacial score (nSPS) is 10.9. The number of aromatic amines is 1. The van der Waals surface area contributed by atoms with Crippen molar-refractivity contribution in [3.63, 3.8) is 0 Å². The lowest BCUT2D eigenvalue weighted by atomic mass is 10.2. The van der Waals surface area contributed by atoms with Crippen molar-refractivity contribution in [1.29, 1.82) is 0 Å². The Bertz CT molecular complexity index is 842. The molecular formula is C13H13N5OS. The van der Waals surface area contributed by atoms with E-state index in [0.29, 0.717) is 4.77 Å². The molecule has 1 amide bonds. The van der Waals surface area contributed by atoms with Crippen LogP contribution in [0.5, 0.6) is 0 Å². The third-order valence-corrected chi connectivity index (χ3v) is 3.40. The predicted molar refractivity (Wildman–Crippen MR) is 78.7 cm³/mol. The third-order valence-electron chi connectivity index (χ3n) is 3.11. The topological polar surface area (TPSA) is 58.9 Å². The highest BCUT2D eigenvalue weighted by Gasteiger charge is 2.13. The van der Waals surface area contributed by atoms with Crippen LogP contribution in [0.2, 0.25) is 0 Å². The minimum atomic E-state index is -0.0899. The Kier molecular flexibility index (Phi) is 2.90. The van der Waals surface area contributed by atoms with E-state index in [0.717, 1.165) is 16.6 Å². The molecule has 20 heavy (non-hydrogen) atoms. The average molecular weight is 287 g/mol. The molecule has 0 saturated heterocycles. The molecule has 1 aromatic carbocycles. The van der Waals surface area contributed by atoms with Crippen LogP contribution in [-0.2, 0) is 0 Å². The zero-order valence-electron chi connectivity index (χ0n) is 11.1. The van der Waals surface area contributed by atoms with Crippen LogP contribution in [0, 0.1) is 4.77 Å². The highest BCUT2D eigenvalue weighted by atomic mass is 32.1. The first-order chi connectivity index (χ1) is 9.59. The van der Waals surface area contributed by atoms with Gasteiger partial charge in [0.15, 0.2) is 4.77 Å². The summed E-state index contributed by atoms with van der Waals surface area (Å²) in [6.45, 7) is 0. The minimum absolute atomic E-state index is 0.0899. The van der Waals surface area contributed by atoms with Gasteiger partial charge in [0, 0.05) is 25.7 Å². The fraction of sp³-hybridized carbons (Fsp3) is 0.154. The van der Waals surface area contributed by atoms with Gasteiger partial charge in [-0.3, -0.25) is 14.2 Å². The summed E-state index contributed by atoms with van der Waals surface area (Å²) in [5.41, 5.74) is 1.73. The van der Waals surface area contributed by atoms with Crippen LogP contribution in [0.4, 0.5) is 4.79 Å². The summed E-state index contributed by atoms with van der Waals surface area (Å²) in [5, 5.41) is 7.60. The van der Waals surface area contributed by atoms with E-state index < -0.39 is 0 Å². The van der Waals surface area contributed by atoms with Gasteiger partial charge in [-0.15, -0.1) is 0 Å². The second-order valence-electron chi connectivity index (χ2n) is 4.60. The Hall–Kier alpha value is -2.41. The number of hydrogen-bond donors (Lipinski definition) is 1. The smallest absolute Gasteiger partial charge is 0.328 e. The van der Waals surface area contributed by atoms with Crippen LogP contribution in [0.15, 0.2) is 36.8 Å². The molecule has 0 aliphatic carbocycles. The lowest BCUT2D eigenvalue weighted by molar-refractivity contribution is 0.220. The van der Waals surface area contributed by atoms with Crippen molar-refractivity contribution in [2.45, 2.75) is 0 Å². The highest BCUT2D eigenvalue weighted by molar-refractivity contribution is 7.71. The Morgan fingerprint density at radius 1 is 1.35 bits per heavy atom. The van der Waals surface area contributed by atoms with Gasteiger partial charge in [0.2, 0.25) is 0 Å². The van der Waals surface area contributed by atoms with Gasteiger partial charge >= 0.3 is 6.03 Å². The van der Waals surface area contributed by atoms with Crippen LogP contribution in [0.25, 0.3) is 16.6 Å². The summed E-state index contributed by atoms with van der Waals surface area (Å²) in [4.78, 5) is 13.7. The highest BCUT2D eigenvalue weighted by Crippen LogP contribution is 2.23. The Labute approximate surface area is 120 Å². The van der Waals surface area contributed by atoms with E-state index in [2.05, 4.69) is 10.2 Å². The number of fused-ring (bicyclic) bond motifs is 1. The van der Waals surface area contributed by atoms with E-state index in [4.69, 9.17) is 12.2 Å². The molecule has 0 atom stereocenters. The fourth-order valence-electron chi connectivity index (χ4n) is 2.16. The second kappa shape index (κ2) is 4.61. The van der Waals surface area contributed by atoms with Gasteiger partial charge in [-0.05, 0) is 30.4 Å². The van der Waals surface area contributed by atoms with Crippen LogP contribution in [0.1, 0.15) is 0 Å². The minimum Gasteiger partial charge on any atom is -0.330 e. The molecule has 0 saturated carbocycles. The number of rotatable bonds is 1. The van der Waals surface area contributed by atoms with Crippen LogP contribution >= 0.6 is 12.2 Å². The van der Waals surface area contributed by atoms with Gasteiger partial charge in [-0.25, -0.2) is 4.79 Å². The number of benzene rings is 1.